The molecule has 0 saturated carbocycles. The zero-order valence-corrected chi connectivity index (χ0v) is 22.5. The van der Waals surface area contributed by atoms with E-state index in [1.807, 2.05) is 36.4 Å². The van der Waals surface area contributed by atoms with E-state index in [1.54, 1.807) is 30.5 Å². The predicted octanol–water partition coefficient (Wildman–Crippen LogP) is 6.43. The summed E-state index contributed by atoms with van der Waals surface area (Å²) in [6.07, 6.45) is 2.82. The smallest absolute Gasteiger partial charge is 0.191 e. The lowest BCUT2D eigenvalue weighted by molar-refractivity contribution is 0.0971. The first-order chi connectivity index (χ1) is 18.2. The number of hydrogen-bond donors (Lipinski definition) is 2. The van der Waals surface area contributed by atoms with Gasteiger partial charge in [0.25, 0.3) is 0 Å². The quantitative estimate of drug-likeness (QED) is 0.217. The monoisotopic (exact) mass is 548 g/mol. The van der Waals surface area contributed by atoms with Crippen LogP contribution in [0, 0.1) is 0 Å². The zero-order chi connectivity index (χ0) is 27.0. The molecule has 4 aromatic carbocycles. The summed E-state index contributed by atoms with van der Waals surface area (Å²) in [4.78, 5) is 17.5. The van der Waals surface area contributed by atoms with E-state index in [-0.39, 0.29) is 10.7 Å². The fourth-order valence-electron chi connectivity index (χ4n) is 4.56. The molecule has 1 atom stereocenters. The highest BCUT2D eigenvalue weighted by Gasteiger charge is 2.27. The average molecular weight is 549 g/mol. The molecule has 194 valence electrons. The SMILES string of the molecule is COc1cc(Cl)cc(C(Nc2cc(OC)cc(S(C)(=O)=O)c2)C(=O)c2c[nH]c3c2ccc2ccccc23)c1. The molecule has 38 heavy (non-hydrogen) atoms. The minimum absolute atomic E-state index is 0.0628. The highest BCUT2D eigenvalue weighted by atomic mass is 35.5. The number of fused-ring (bicyclic) bond motifs is 3. The summed E-state index contributed by atoms with van der Waals surface area (Å²) in [6.45, 7) is 0. The Morgan fingerprint density at radius 2 is 1.66 bits per heavy atom. The van der Waals surface area contributed by atoms with Crippen LogP contribution in [0.15, 0.2) is 83.9 Å². The van der Waals surface area contributed by atoms with Crippen molar-refractivity contribution < 1.29 is 22.7 Å². The molecule has 7 nitrogen and oxygen atoms in total. The maximum atomic E-state index is 14.2. The summed E-state index contributed by atoms with van der Waals surface area (Å²) in [6, 6.07) is 20.5. The Labute approximate surface area is 225 Å². The first-order valence-electron chi connectivity index (χ1n) is 11.7. The first-order valence-corrected chi connectivity index (χ1v) is 14.0. The third-order valence-electron chi connectivity index (χ3n) is 6.43. The second kappa shape index (κ2) is 10.0. The van der Waals surface area contributed by atoms with Crippen LogP contribution in [0.4, 0.5) is 5.69 Å². The molecule has 0 fully saturated rings. The number of ether oxygens (including phenoxy) is 2. The molecule has 0 spiro atoms. The number of carbonyl (C=O) groups is 1. The van der Waals surface area contributed by atoms with Crippen molar-refractivity contribution in [1.82, 2.24) is 4.98 Å². The van der Waals surface area contributed by atoms with E-state index >= 15 is 0 Å². The number of nitrogens with one attached hydrogen (secondary N) is 2. The van der Waals surface area contributed by atoms with Gasteiger partial charge in [-0.15, -0.1) is 0 Å². The molecular weight excluding hydrogens is 524 g/mol. The average Bonchev–Trinajstić information content (AvgIpc) is 3.35. The second-order valence-electron chi connectivity index (χ2n) is 8.95. The van der Waals surface area contributed by atoms with E-state index in [0.717, 1.165) is 27.9 Å². The Kier molecular flexibility index (Phi) is 6.77. The maximum absolute atomic E-state index is 14.2. The van der Waals surface area contributed by atoms with Gasteiger partial charge in [0.2, 0.25) is 0 Å². The lowest BCUT2D eigenvalue weighted by Gasteiger charge is -2.21. The largest absolute Gasteiger partial charge is 0.497 e. The van der Waals surface area contributed by atoms with Gasteiger partial charge >= 0.3 is 0 Å². The van der Waals surface area contributed by atoms with Gasteiger partial charge in [-0.25, -0.2) is 8.42 Å². The van der Waals surface area contributed by atoms with E-state index < -0.39 is 15.9 Å². The molecule has 0 bridgehead atoms. The van der Waals surface area contributed by atoms with Crippen molar-refractivity contribution in [2.75, 3.05) is 25.8 Å². The molecule has 5 rings (SSSR count). The number of anilines is 1. The third kappa shape index (κ3) is 4.92. The number of sulfone groups is 1. The van der Waals surface area contributed by atoms with E-state index in [2.05, 4.69) is 10.3 Å². The number of rotatable bonds is 8. The Bertz CT molecular complexity index is 1800. The number of Topliss-reactive ketones (excluding diaryl/α,β-unsaturated/α-hetero) is 1. The highest BCUT2D eigenvalue weighted by Crippen LogP contribution is 2.35. The van der Waals surface area contributed by atoms with Crippen LogP contribution in [0.2, 0.25) is 5.02 Å². The van der Waals surface area contributed by atoms with Gasteiger partial charge in [0, 0.05) is 45.6 Å². The van der Waals surface area contributed by atoms with Crippen molar-refractivity contribution in [3.05, 3.63) is 95.1 Å². The van der Waals surface area contributed by atoms with Crippen LogP contribution in [0.3, 0.4) is 0 Å². The lowest BCUT2D eigenvalue weighted by Crippen LogP contribution is -2.21. The standard InChI is InChI=1S/C29H25ClN2O5S/c1-36-21-11-18(10-19(30)12-21)27(32-20-13-22(37-2)15-23(14-20)38(3,34)35)29(33)26-16-31-28-24-7-5-4-6-17(24)8-9-25(26)28/h4-16,27,31-32H,1-3H3. The molecule has 0 aliphatic carbocycles. The van der Waals surface area contributed by atoms with Crippen LogP contribution in [0.25, 0.3) is 21.7 Å². The van der Waals surface area contributed by atoms with Crippen molar-refractivity contribution in [3.8, 4) is 11.5 Å². The summed E-state index contributed by atoms with van der Waals surface area (Å²) in [5.74, 6) is 0.586. The van der Waals surface area contributed by atoms with Crippen LogP contribution in [0.5, 0.6) is 11.5 Å². The fourth-order valence-corrected chi connectivity index (χ4v) is 5.46. The third-order valence-corrected chi connectivity index (χ3v) is 7.74. The van der Waals surface area contributed by atoms with E-state index in [1.165, 1.54) is 26.4 Å². The molecule has 9 heteroatoms. The van der Waals surface area contributed by atoms with E-state index in [4.69, 9.17) is 21.1 Å². The van der Waals surface area contributed by atoms with E-state index in [0.29, 0.717) is 33.3 Å². The van der Waals surface area contributed by atoms with Gasteiger partial charge in [0.15, 0.2) is 15.6 Å². The Morgan fingerprint density at radius 1 is 0.921 bits per heavy atom. The molecule has 2 N–H and O–H groups in total. The summed E-state index contributed by atoms with van der Waals surface area (Å²) in [5.41, 5.74) is 2.29. The van der Waals surface area contributed by atoms with Crippen molar-refractivity contribution in [2.24, 2.45) is 0 Å². The fraction of sp³-hybridized carbons (Fsp3) is 0.138. The second-order valence-corrected chi connectivity index (χ2v) is 11.4. The zero-order valence-electron chi connectivity index (χ0n) is 20.9. The van der Waals surface area contributed by atoms with Crippen molar-refractivity contribution >= 4 is 54.6 Å². The number of aromatic nitrogens is 1. The van der Waals surface area contributed by atoms with Crippen molar-refractivity contribution in [3.63, 3.8) is 0 Å². The molecule has 1 aromatic heterocycles. The summed E-state index contributed by atoms with van der Waals surface area (Å²) < 4.78 is 35.4. The Balaban J connectivity index is 1.66. The number of methoxy groups -OCH3 is 2. The van der Waals surface area contributed by atoms with Crippen LogP contribution in [0.1, 0.15) is 22.0 Å². The lowest BCUT2D eigenvalue weighted by atomic mass is 9.95. The van der Waals surface area contributed by atoms with Gasteiger partial charge in [-0.2, -0.15) is 0 Å². The summed E-state index contributed by atoms with van der Waals surface area (Å²) in [5, 5.41) is 6.46. The molecule has 0 aliphatic heterocycles. The molecule has 1 heterocycles. The molecule has 0 radical (unpaired) electrons. The molecule has 1 unspecified atom stereocenters. The van der Waals surface area contributed by atoms with Gasteiger partial charge in [-0.3, -0.25) is 4.79 Å². The predicted molar refractivity (Wildman–Crippen MR) is 151 cm³/mol. The minimum Gasteiger partial charge on any atom is -0.497 e. The molecule has 5 aromatic rings. The van der Waals surface area contributed by atoms with Crippen molar-refractivity contribution in [1.29, 1.82) is 0 Å². The molecule has 0 aliphatic rings. The van der Waals surface area contributed by atoms with Gasteiger partial charge in [0.05, 0.1) is 24.6 Å². The molecular formula is C29H25ClN2O5S. The van der Waals surface area contributed by atoms with Gasteiger partial charge < -0.3 is 19.8 Å². The van der Waals surface area contributed by atoms with Crippen LogP contribution < -0.4 is 14.8 Å². The highest BCUT2D eigenvalue weighted by molar-refractivity contribution is 7.90. The first kappa shape index (κ1) is 25.6. The van der Waals surface area contributed by atoms with Crippen LogP contribution >= 0.6 is 11.6 Å². The molecule has 0 amide bonds. The number of aromatic amines is 1. The minimum atomic E-state index is -3.54. The number of halogens is 1. The molecule has 0 saturated heterocycles. The van der Waals surface area contributed by atoms with Crippen molar-refractivity contribution in [2.45, 2.75) is 10.9 Å². The Morgan fingerprint density at radius 3 is 2.39 bits per heavy atom. The van der Waals surface area contributed by atoms with Crippen LogP contribution in [-0.4, -0.2) is 39.7 Å². The summed E-state index contributed by atoms with van der Waals surface area (Å²) in [7, 11) is -0.571. The van der Waals surface area contributed by atoms with Gasteiger partial charge in [-0.05, 0) is 41.3 Å². The topological polar surface area (TPSA) is 97.5 Å². The normalized spacial score (nSPS) is 12.4. The number of ketones is 1. The number of hydrogen-bond acceptors (Lipinski definition) is 6. The van der Waals surface area contributed by atoms with Crippen LogP contribution in [-0.2, 0) is 9.84 Å². The summed E-state index contributed by atoms with van der Waals surface area (Å²) >= 11 is 6.37. The Hall–Kier alpha value is -4.01. The number of carbonyl (C=O) groups excluding carboxylic acids is 1. The maximum Gasteiger partial charge on any atom is 0.191 e. The number of H-pyrrole nitrogens is 1. The van der Waals surface area contributed by atoms with Gasteiger partial charge in [0.1, 0.15) is 17.5 Å². The van der Waals surface area contributed by atoms with E-state index in [9.17, 15) is 13.2 Å². The van der Waals surface area contributed by atoms with Gasteiger partial charge in [-0.1, -0.05) is 48.0 Å². The number of benzene rings is 4.